The van der Waals surface area contributed by atoms with E-state index in [0.29, 0.717) is 11.3 Å². The molecule has 0 amide bonds. The van der Waals surface area contributed by atoms with Gasteiger partial charge in [-0.05, 0) is 64.3 Å². The molecule has 3 heteroatoms. The fraction of sp³-hybridized carbons (Fsp3) is 0.135. The van der Waals surface area contributed by atoms with Gasteiger partial charge in [-0.2, -0.15) is 0 Å². The second kappa shape index (κ2) is 11.3. The molecule has 0 spiro atoms. The molecular weight excluding hydrogens is 665 g/mol. The molecule has 0 saturated heterocycles. The molecule has 199 valence electrons. The van der Waals surface area contributed by atoms with Gasteiger partial charge < -0.3 is 9.97 Å². The number of hydrogen-bond donors (Lipinski definition) is 0. The standard InChI is InChI=1S/C24H18N.C13H12N.Ir/c1-24(2)21-18-11-7-6-8-16(18)12-13-19(21)20-14-15-25-23(22(20)24)17-9-4-3-5-10-17;1-10-3-6-12(7-4-10)13-8-5-11(2)9-14-13;/h3-9,11-15H,1-2H3;3-6,8-9H,1-2H3;/q2*-1;/i3D,4D;1D3,2D3;. The summed E-state index contributed by atoms with van der Waals surface area (Å²) in [6, 6.07) is 32.2. The Balaban J connectivity index is 0.000000193. The molecule has 0 saturated carbocycles. The largest absolute Gasteiger partial charge is 0.304 e. The topological polar surface area (TPSA) is 25.8 Å². The summed E-state index contributed by atoms with van der Waals surface area (Å²) in [4.78, 5) is 8.75. The van der Waals surface area contributed by atoms with Crippen LogP contribution in [0.25, 0.3) is 44.4 Å². The Morgan fingerprint density at radius 2 is 1.57 bits per heavy atom. The summed E-state index contributed by atoms with van der Waals surface area (Å²) >= 11 is 0. The second-order valence-electron chi connectivity index (χ2n) is 9.97. The van der Waals surface area contributed by atoms with Crippen LogP contribution in [0, 0.1) is 25.8 Å². The van der Waals surface area contributed by atoms with E-state index in [4.69, 9.17) is 11.0 Å². The van der Waals surface area contributed by atoms with Crippen molar-refractivity contribution in [2.24, 2.45) is 0 Å². The molecule has 0 atom stereocenters. The third-order valence-electron chi connectivity index (χ3n) is 7.13. The molecule has 1 radical (unpaired) electrons. The van der Waals surface area contributed by atoms with E-state index >= 15 is 0 Å². The van der Waals surface area contributed by atoms with Crippen molar-refractivity contribution < 1.29 is 31.1 Å². The minimum Gasteiger partial charge on any atom is -0.304 e. The summed E-state index contributed by atoms with van der Waals surface area (Å²) in [5, 5.41) is 2.51. The first-order valence-electron chi connectivity index (χ1n) is 16.7. The summed E-state index contributed by atoms with van der Waals surface area (Å²) in [7, 11) is 0. The number of aryl methyl sites for hydroxylation is 2. The van der Waals surface area contributed by atoms with Crippen LogP contribution in [0.15, 0.2) is 109 Å². The minimum absolute atomic E-state index is 0. The number of hydrogen-bond acceptors (Lipinski definition) is 2. The first-order chi connectivity index (χ1) is 22.2. The maximum atomic E-state index is 8.01. The third-order valence-corrected chi connectivity index (χ3v) is 7.13. The maximum Gasteiger partial charge on any atom is 0.0406 e. The molecule has 40 heavy (non-hydrogen) atoms. The molecule has 7 rings (SSSR count). The zero-order chi connectivity index (χ0) is 33.7. The maximum absolute atomic E-state index is 8.01. The molecule has 1 aliphatic rings. The Hall–Kier alpha value is -3.91. The predicted octanol–water partition coefficient (Wildman–Crippen LogP) is 9.17. The van der Waals surface area contributed by atoms with Crippen molar-refractivity contribution in [3.63, 3.8) is 0 Å². The molecule has 2 aromatic heterocycles. The number of rotatable bonds is 2. The average molecular weight is 703 g/mol. The van der Waals surface area contributed by atoms with E-state index in [-0.39, 0.29) is 48.7 Å². The van der Waals surface area contributed by atoms with Crippen LogP contribution in [0.2, 0.25) is 0 Å². The summed E-state index contributed by atoms with van der Waals surface area (Å²) in [5.74, 6) is 0. The van der Waals surface area contributed by atoms with Gasteiger partial charge in [0.15, 0.2) is 0 Å². The van der Waals surface area contributed by atoms with Crippen molar-refractivity contribution in [3.8, 4) is 33.6 Å². The Bertz CT molecular complexity index is 2050. The first kappa shape index (κ1) is 19.2. The van der Waals surface area contributed by atoms with Crippen molar-refractivity contribution >= 4 is 10.8 Å². The molecule has 2 heterocycles. The summed E-state index contributed by atoms with van der Waals surface area (Å²) in [5.41, 5.74) is 7.90. The van der Waals surface area contributed by atoms with E-state index < -0.39 is 13.7 Å². The van der Waals surface area contributed by atoms with Crippen LogP contribution < -0.4 is 0 Å². The molecule has 4 aromatic carbocycles. The van der Waals surface area contributed by atoms with Crippen molar-refractivity contribution in [1.82, 2.24) is 9.97 Å². The molecule has 1 aliphatic carbocycles. The van der Waals surface area contributed by atoms with Gasteiger partial charge in [0.25, 0.3) is 0 Å². The normalized spacial score (nSPS) is 16.1. The Morgan fingerprint density at radius 1 is 0.750 bits per heavy atom. The SMILES string of the molecule is [2H]C([2H])([2H])c1c[c-]c(-c2ccc(C([2H])([2H])[2H])cn2)cc1.[2H]c1c[c-]c(-c2nccc3c2C(C)(C)c2c-3ccc3ccccc23)cc1[2H].[Ir]. The van der Waals surface area contributed by atoms with E-state index in [1.54, 1.807) is 24.3 Å². The smallest absolute Gasteiger partial charge is 0.0406 e. The molecule has 2 nitrogen and oxygen atoms in total. The van der Waals surface area contributed by atoms with Crippen LogP contribution in [0.4, 0.5) is 0 Å². The van der Waals surface area contributed by atoms with Crippen LogP contribution in [-0.4, -0.2) is 9.97 Å². The quantitative estimate of drug-likeness (QED) is 0.168. The van der Waals surface area contributed by atoms with E-state index in [1.807, 2.05) is 6.20 Å². The average Bonchev–Trinajstić information content (AvgIpc) is 3.29. The fourth-order valence-electron chi connectivity index (χ4n) is 5.40. The van der Waals surface area contributed by atoms with Crippen LogP contribution in [0.1, 0.15) is 47.1 Å². The molecule has 0 N–H and O–H groups in total. The van der Waals surface area contributed by atoms with Gasteiger partial charge in [0.1, 0.15) is 0 Å². The van der Waals surface area contributed by atoms with Gasteiger partial charge in [-0.15, -0.1) is 71.2 Å². The number of fused-ring (bicyclic) bond motifs is 5. The van der Waals surface area contributed by atoms with E-state index in [1.165, 1.54) is 57.4 Å². The van der Waals surface area contributed by atoms with Crippen LogP contribution in [-0.2, 0) is 25.5 Å². The summed E-state index contributed by atoms with van der Waals surface area (Å²) < 4.78 is 59.4. The molecule has 0 fully saturated rings. The van der Waals surface area contributed by atoms with Crippen LogP contribution in [0.5, 0.6) is 0 Å². The Kier molecular flexibility index (Phi) is 5.42. The number of benzene rings is 4. The number of pyridine rings is 2. The second-order valence-corrected chi connectivity index (χ2v) is 9.97. The summed E-state index contributed by atoms with van der Waals surface area (Å²) in [6.45, 7) is 0.152. The number of nitrogens with zero attached hydrogens (tertiary/aromatic N) is 2. The molecule has 0 bridgehead atoms. The first-order valence-corrected chi connectivity index (χ1v) is 12.7. The zero-order valence-corrected chi connectivity index (χ0v) is 24.4. The van der Waals surface area contributed by atoms with Gasteiger partial charge >= 0.3 is 0 Å². The van der Waals surface area contributed by atoms with Gasteiger partial charge in [-0.3, -0.25) is 0 Å². The van der Waals surface area contributed by atoms with Crippen molar-refractivity contribution in [2.75, 3.05) is 0 Å². The molecular formula is C37H30IrN2-2. The van der Waals surface area contributed by atoms with Crippen molar-refractivity contribution in [2.45, 2.75) is 33.0 Å². The summed E-state index contributed by atoms with van der Waals surface area (Å²) in [6.07, 6.45) is 3.13. The minimum atomic E-state index is -2.18. The monoisotopic (exact) mass is 703 g/mol. The third kappa shape index (κ3) is 5.04. The van der Waals surface area contributed by atoms with Gasteiger partial charge in [-0.1, -0.05) is 69.2 Å². The number of aromatic nitrogens is 2. The van der Waals surface area contributed by atoms with Gasteiger partial charge in [0.05, 0.1) is 0 Å². The van der Waals surface area contributed by atoms with Crippen LogP contribution in [0.3, 0.4) is 0 Å². The molecule has 0 aliphatic heterocycles. The predicted molar refractivity (Wildman–Crippen MR) is 162 cm³/mol. The van der Waals surface area contributed by atoms with Crippen LogP contribution >= 0.6 is 0 Å². The fourth-order valence-corrected chi connectivity index (χ4v) is 5.40. The van der Waals surface area contributed by atoms with Gasteiger partial charge in [0.2, 0.25) is 0 Å². The van der Waals surface area contributed by atoms with Gasteiger partial charge in [-0.25, -0.2) is 0 Å². The van der Waals surface area contributed by atoms with Gasteiger partial charge in [0, 0.05) is 47.5 Å². The molecule has 6 aromatic rings. The van der Waals surface area contributed by atoms with Crippen molar-refractivity contribution in [3.05, 3.63) is 144 Å². The van der Waals surface area contributed by atoms with E-state index in [2.05, 4.69) is 78.4 Å². The Labute approximate surface area is 261 Å². The zero-order valence-electron chi connectivity index (χ0n) is 30.0. The van der Waals surface area contributed by atoms with Crippen molar-refractivity contribution in [1.29, 1.82) is 0 Å². The Morgan fingerprint density at radius 3 is 2.33 bits per heavy atom. The molecule has 0 unspecified atom stereocenters. The van der Waals surface area contributed by atoms with E-state index in [0.717, 1.165) is 11.3 Å². The van der Waals surface area contributed by atoms with E-state index in [9.17, 15) is 0 Å².